The minimum absolute atomic E-state index is 0.0619. The minimum Gasteiger partial charge on any atom is -0.493 e. The maximum absolute atomic E-state index is 12.6. The number of rotatable bonds is 11. The zero-order valence-electron chi connectivity index (χ0n) is 21.1. The van der Waals surface area contributed by atoms with Crippen molar-refractivity contribution in [1.29, 1.82) is 5.26 Å². The molecule has 0 aliphatic heterocycles. The molecular formula is C27H30N4O4S. The third-order valence-electron chi connectivity index (χ3n) is 5.22. The molecule has 0 unspecified atom stereocenters. The van der Waals surface area contributed by atoms with Crippen molar-refractivity contribution in [3.8, 4) is 23.3 Å². The van der Waals surface area contributed by atoms with Crippen LogP contribution in [0, 0.1) is 31.1 Å². The molecule has 0 bridgehead atoms. The van der Waals surface area contributed by atoms with Gasteiger partial charge in [-0.15, -0.1) is 10.2 Å². The predicted molar refractivity (Wildman–Crippen MR) is 141 cm³/mol. The molecule has 3 aromatic rings. The first-order chi connectivity index (χ1) is 17.3. The molecule has 0 radical (unpaired) electrons. The molecule has 1 N–H and O–H groups in total. The summed E-state index contributed by atoms with van der Waals surface area (Å²) >= 11 is 1.30. The van der Waals surface area contributed by atoms with E-state index >= 15 is 0 Å². The molecule has 0 fully saturated rings. The van der Waals surface area contributed by atoms with Crippen LogP contribution in [0.5, 0.6) is 17.2 Å². The lowest BCUT2D eigenvalue weighted by molar-refractivity contribution is -0.112. The van der Waals surface area contributed by atoms with E-state index in [0.29, 0.717) is 41.3 Å². The first-order valence-electron chi connectivity index (χ1n) is 11.6. The summed E-state index contributed by atoms with van der Waals surface area (Å²) in [4.78, 5) is 12.6. The molecule has 1 amide bonds. The highest BCUT2D eigenvalue weighted by Gasteiger charge is 2.14. The number of nitrogens with zero attached hydrogens (tertiary/aromatic N) is 3. The first-order valence-corrected chi connectivity index (χ1v) is 12.4. The predicted octanol–water partition coefficient (Wildman–Crippen LogP) is 5.37. The largest absolute Gasteiger partial charge is 0.493 e. The number of aromatic nitrogens is 2. The Morgan fingerprint density at radius 1 is 1.08 bits per heavy atom. The lowest BCUT2D eigenvalue weighted by Crippen LogP contribution is -2.13. The Morgan fingerprint density at radius 2 is 1.86 bits per heavy atom. The highest BCUT2D eigenvalue weighted by Crippen LogP contribution is 2.29. The van der Waals surface area contributed by atoms with Crippen molar-refractivity contribution < 1.29 is 19.0 Å². The highest BCUT2D eigenvalue weighted by atomic mass is 32.1. The molecule has 1 heterocycles. The molecular weight excluding hydrogens is 476 g/mol. The Labute approximate surface area is 215 Å². The van der Waals surface area contributed by atoms with Crippen molar-refractivity contribution in [3.05, 3.63) is 63.7 Å². The van der Waals surface area contributed by atoms with Crippen LogP contribution >= 0.6 is 11.3 Å². The summed E-state index contributed by atoms with van der Waals surface area (Å²) in [6.45, 7) is 8.96. The third kappa shape index (κ3) is 7.55. The lowest BCUT2D eigenvalue weighted by atomic mass is 10.1. The van der Waals surface area contributed by atoms with Crippen LogP contribution in [-0.4, -0.2) is 36.4 Å². The van der Waals surface area contributed by atoms with Gasteiger partial charge in [-0.3, -0.25) is 10.1 Å². The van der Waals surface area contributed by atoms with Gasteiger partial charge in [-0.1, -0.05) is 37.3 Å². The molecule has 0 aliphatic rings. The van der Waals surface area contributed by atoms with Crippen molar-refractivity contribution in [2.75, 3.05) is 25.6 Å². The van der Waals surface area contributed by atoms with Gasteiger partial charge in [0.2, 0.25) is 5.13 Å². The van der Waals surface area contributed by atoms with E-state index < -0.39 is 5.91 Å². The summed E-state index contributed by atoms with van der Waals surface area (Å²) in [5.41, 5.74) is 2.94. The zero-order chi connectivity index (χ0) is 26.1. The number of ether oxygens (including phenoxy) is 3. The number of anilines is 1. The minimum atomic E-state index is -0.549. The third-order valence-corrected chi connectivity index (χ3v) is 6.08. The van der Waals surface area contributed by atoms with E-state index in [0.717, 1.165) is 17.2 Å². The van der Waals surface area contributed by atoms with Crippen LogP contribution in [0.15, 0.2) is 42.0 Å². The van der Waals surface area contributed by atoms with Crippen LogP contribution in [0.2, 0.25) is 0 Å². The first kappa shape index (κ1) is 26.7. The summed E-state index contributed by atoms with van der Waals surface area (Å²) in [5.74, 6) is 1.69. The van der Waals surface area contributed by atoms with Crippen LogP contribution in [0.3, 0.4) is 0 Å². The van der Waals surface area contributed by atoms with Gasteiger partial charge >= 0.3 is 0 Å². The van der Waals surface area contributed by atoms with Gasteiger partial charge in [-0.2, -0.15) is 5.26 Å². The van der Waals surface area contributed by atoms with E-state index in [4.69, 9.17) is 14.2 Å². The van der Waals surface area contributed by atoms with Crippen LogP contribution in [0.4, 0.5) is 5.13 Å². The summed E-state index contributed by atoms with van der Waals surface area (Å²) in [7, 11) is 1.53. The van der Waals surface area contributed by atoms with E-state index in [2.05, 4.69) is 36.3 Å². The highest BCUT2D eigenvalue weighted by molar-refractivity contribution is 7.15. The zero-order valence-corrected chi connectivity index (χ0v) is 21.9. The number of aryl methyl sites for hydroxylation is 2. The number of amides is 1. The molecule has 2 aromatic carbocycles. The number of hydrogen-bond acceptors (Lipinski definition) is 8. The number of nitriles is 1. The molecule has 0 atom stereocenters. The fourth-order valence-electron chi connectivity index (χ4n) is 3.22. The smallest absolute Gasteiger partial charge is 0.268 e. The summed E-state index contributed by atoms with van der Waals surface area (Å²) in [6, 6.07) is 13.1. The van der Waals surface area contributed by atoms with E-state index in [-0.39, 0.29) is 5.57 Å². The summed E-state index contributed by atoms with van der Waals surface area (Å²) in [5, 5.41) is 21.4. The second-order valence-corrected chi connectivity index (χ2v) is 9.64. The normalized spacial score (nSPS) is 11.2. The molecule has 9 heteroatoms. The number of methoxy groups -OCH3 is 1. The SMILES string of the molecule is COc1cc(C=C(C#N)C(=O)Nc2nnc(CC(C)C)s2)ccc1OCCOc1ccc(C)c(C)c1. The van der Waals surface area contributed by atoms with Gasteiger partial charge in [-0.05, 0) is 66.8 Å². The standard InChI is InChI=1S/C27H30N4O4S/c1-17(2)12-25-30-31-27(36-25)29-26(32)21(16-28)14-20-7-9-23(24(15-20)33-5)35-11-10-34-22-8-6-18(3)19(4)13-22/h6-9,13-15,17H,10-12H2,1-5H3,(H,29,31,32). The van der Waals surface area contributed by atoms with Crippen LogP contribution in [0.1, 0.15) is 35.5 Å². The van der Waals surface area contributed by atoms with Crippen molar-refractivity contribution in [2.45, 2.75) is 34.1 Å². The average molecular weight is 507 g/mol. The van der Waals surface area contributed by atoms with Crippen molar-refractivity contribution in [1.82, 2.24) is 10.2 Å². The van der Waals surface area contributed by atoms with Gasteiger partial charge in [-0.25, -0.2) is 0 Å². The Hall–Kier alpha value is -3.90. The van der Waals surface area contributed by atoms with Gasteiger partial charge in [0.1, 0.15) is 35.6 Å². The van der Waals surface area contributed by atoms with Crippen molar-refractivity contribution in [3.63, 3.8) is 0 Å². The van der Waals surface area contributed by atoms with E-state index in [1.807, 2.05) is 31.2 Å². The molecule has 1 aromatic heterocycles. The quantitative estimate of drug-likeness (QED) is 0.212. The molecule has 0 spiro atoms. The number of carbonyl (C=O) groups is 1. The van der Waals surface area contributed by atoms with Gasteiger partial charge in [0.25, 0.3) is 5.91 Å². The van der Waals surface area contributed by atoms with Crippen LogP contribution in [0.25, 0.3) is 6.08 Å². The topological polar surface area (TPSA) is 106 Å². The van der Waals surface area contributed by atoms with Gasteiger partial charge in [0.05, 0.1) is 7.11 Å². The van der Waals surface area contributed by atoms with Gasteiger partial charge in [0, 0.05) is 6.42 Å². The van der Waals surface area contributed by atoms with Crippen molar-refractivity contribution >= 4 is 28.5 Å². The fraction of sp³-hybridized carbons (Fsp3) is 0.333. The fourth-order valence-corrected chi connectivity index (χ4v) is 4.17. The monoisotopic (exact) mass is 506 g/mol. The summed E-state index contributed by atoms with van der Waals surface area (Å²) < 4.78 is 17.0. The maximum atomic E-state index is 12.6. The second kappa shape index (κ2) is 12.7. The maximum Gasteiger partial charge on any atom is 0.268 e. The molecule has 0 aliphatic carbocycles. The molecule has 8 nitrogen and oxygen atoms in total. The summed E-state index contributed by atoms with van der Waals surface area (Å²) in [6.07, 6.45) is 2.26. The molecule has 0 saturated heterocycles. The Balaban J connectivity index is 1.61. The van der Waals surface area contributed by atoms with Crippen molar-refractivity contribution in [2.24, 2.45) is 5.92 Å². The Morgan fingerprint density at radius 3 is 2.56 bits per heavy atom. The molecule has 3 rings (SSSR count). The Kier molecular flexibility index (Phi) is 9.42. The molecule has 188 valence electrons. The van der Waals surface area contributed by atoms with Gasteiger partial charge in [0.15, 0.2) is 11.5 Å². The second-order valence-electron chi connectivity index (χ2n) is 8.58. The average Bonchev–Trinajstić information content (AvgIpc) is 3.28. The van der Waals surface area contributed by atoms with E-state index in [1.54, 1.807) is 18.2 Å². The number of nitrogens with one attached hydrogen (secondary N) is 1. The number of carbonyl (C=O) groups excluding carboxylic acids is 1. The number of benzene rings is 2. The molecule has 0 saturated carbocycles. The lowest BCUT2D eigenvalue weighted by Gasteiger charge is -2.13. The van der Waals surface area contributed by atoms with E-state index in [1.165, 1.54) is 35.6 Å². The molecule has 36 heavy (non-hydrogen) atoms. The van der Waals surface area contributed by atoms with Crippen LogP contribution in [-0.2, 0) is 11.2 Å². The van der Waals surface area contributed by atoms with E-state index in [9.17, 15) is 10.1 Å². The van der Waals surface area contributed by atoms with Gasteiger partial charge < -0.3 is 14.2 Å². The number of hydrogen-bond donors (Lipinski definition) is 1. The van der Waals surface area contributed by atoms with Crippen LogP contribution < -0.4 is 19.5 Å². The Bertz CT molecular complexity index is 1280.